The van der Waals surface area contributed by atoms with Crippen LogP contribution >= 0.6 is 0 Å². The van der Waals surface area contributed by atoms with Gasteiger partial charge in [-0.15, -0.1) is 10.2 Å². The van der Waals surface area contributed by atoms with Crippen molar-refractivity contribution in [2.24, 2.45) is 7.05 Å². The zero-order chi connectivity index (χ0) is 25.6. The third-order valence-corrected chi connectivity index (χ3v) is 6.75. The molecule has 2 atom stereocenters. The third kappa shape index (κ3) is 4.82. The molecule has 0 amide bonds. The average Bonchev–Trinajstić information content (AvgIpc) is 3.47. The predicted molar refractivity (Wildman–Crippen MR) is 126 cm³/mol. The molecule has 4 aromatic heterocycles. The number of alkyl halides is 3. The van der Waals surface area contributed by atoms with Gasteiger partial charge in [-0.1, -0.05) is 6.42 Å². The summed E-state index contributed by atoms with van der Waals surface area (Å²) in [6.07, 6.45) is 4.81. The van der Waals surface area contributed by atoms with Gasteiger partial charge in [0.1, 0.15) is 17.5 Å². The molecule has 0 radical (unpaired) electrons. The third-order valence-electron chi connectivity index (χ3n) is 6.75. The molecule has 0 bridgehead atoms. The van der Waals surface area contributed by atoms with Gasteiger partial charge in [0.15, 0.2) is 5.65 Å². The minimum absolute atomic E-state index is 0.0401. The van der Waals surface area contributed by atoms with Crippen molar-refractivity contribution in [2.45, 2.75) is 49.9 Å². The quantitative estimate of drug-likeness (QED) is 0.414. The Kier molecular flexibility index (Phi) is 5.94. The van der Waals surface area contributed by atoms with Gasteiger partial charge in [0.05, 0.1) is 25.2 Å². The minimum atomic E-state index is -4.61. The minimum Gasteiger partial charge on any atom is -0.469 e. The first kappa shape index (κ1) is 23.6. The van der Waals surface area contributed by atoms with Crippen molar-refractivity contribution >= 4 is 11.6 Å². The van der Waals surface area contributed by atoms with Crippen LogP contribution in [0.4, 0.5) is 19.1 Å². The van der Waals surface area contributed by atoms with Gasteiger partial charge >= 0.3 is 6.18 Å². The fraction of sp³-hybridized carbons (Fsp3) is 0.458. The van der Waals surface area contributed by atoms with Gasteiger partial charge in [-0.3, -0.25) is 4.40 Å². The normalized spacial score (nSPS) is 20.6. The van der Waals surface area contributed by atoms with Crippen LogP contribution in [0.15, 0.2) is 37.1 Å². The zero-order valence-corrected chi connectivity index (χ0v) is 20.0. The number of anilines is 1. The summed E-state index contributed by atoms with van der Waals surface area (Å²) < 4.78 is 54.7. The van der Waals surface area contributed by atoms with Crippen LogP contribution in [-0.2, 0) is 18.0 Å². The number of imidazole rings is 1. The lowest BCUT2D eigenvalue weighted by atomic mass is 9.85. The number of fused-ring (bicyclic) bond motifs is 1. The van der Waals surface area contributed by atoms with E-state index < -0.39 is 23.7 Å². The highest BCUT2D eigenvalue weighted by Crippen LogP contribution is 2.37. The lowest BCUT2D eigenvalue weighted by Crippen LogP contribution is -2.39. The molecule has 6 rings (SSSR count). The van der Waals surface area contributed by atoms with Gasteiger partial charge < -0.3 is 19.4 Å². The number of nitrogens with one attached hydrogen (secondary N) is 1. The van der Waals surface area contributed by atoms with E-state index in [0.717, 1.165) is 48.2 Å². The van der Waals surface area contributed by atoms with E-state index in [1.54, 1.807) is 6.33 Å². The number of nitrogens with zero attached hydrogens (tertiary/aromatic N) is 7. The molecule has 1 saturated heterocycles. The van der Waals surface area contributed by atoms with Crippen LogP contribution in [0, 0.1) is 0 Å². The number of pyridine rings is 1. The van der Waals surface area contributed by atoms with Crippen molar-refractivity contribution in [3.8, 4) is 17.1 Å². The van der Waals surface area contributed by atoms with Gasteiger partial charge in [0.2, 0.25) is 11.8 Å². The van der Waals surface area contributed by atoms with E-state index in [1.165, 1.54) is 0 Å². The molecule has 1 aliphatic carbocycles. The number of aromatic nitrogens is 7. The molecule has 5 heterocycles. The molecule has 2 fully saturated rings. The van der Waals surface area contributed by atoms with Gasteiger partial charge in [-0.25, -0.2) is 9.97 Å². The molecule has 0 unspecified atom stereocenters. The lowest BCUT2D eigenvalue weighted by Gasteiger charge is -2.30. The Morgan fingerprint density at radius 2 is 1.97 bits per heavy atom. The number of hydrogen-bond acceptors (Lipinski definition) is 8. The summed E-state index contributed by atoms with van der Waals surface area (Å²) >= 11 is 0. The van der Waals surface area contributed by atoms with E-state index >= 15 is 0 Å². The van der Waals surface area contributed by atoms with Crippen LogP contribution in [0.2, 0.25) is 0 Å². The molecule has 10 nitrogen and oxygen atoms in total. The van der Waals surface area contributed by atoms with Crippen molar-refractivity contribution in [2.75, 3.05) is 18.5 Å². The van der Waals surface area contributed by atoms with E-state index in [1.807, 2.05) is 40.5 Å². The van der Waals surface area contributed by atoms with Crippen molar-refractivity contribution in [3.05, 3.63) is 48.4 Å². The summed E-state index contributed by atoms with van der Waals surface area (Å²) in [6.45, 7) is 0.478. The monoisotopic (exact) mass is 514 g/mol. The number of rotatable bonds is 6. The Labute approximate surface area is 209 Å². The predicted octanol–water partition coefficient (Wildman–Crippen LogP) is 3.85. The molecular formula is C24H25F3N8O2. The highest BCUT2D eigenvalue weighted by atomic mass is 19.4. The summed E-state index contributed by atoms with van der Waals surface area (Å²) in [4.78, 5) is 12.4. The van der Waals surface area contributed by atoms with Gasteiger partial charge in [-0.2, -0.15) is 18.2 Å². The van der Waals surface area contributed by atoms with Crippen molar-refractivity contribution in [3.63, 3.8) is 0 Å². The standard InChI is InChI=1S/C24H25F3N8O2/c1-34-10-19(29-13-34)15-5-6-20-32-33-21(35(20)9-15)14-3-2-4-16(7-14)30-23-28-8-18(24(25,26)27)22(31-23)37-17-11-36-12-17/h5-6,8-10,13-14,16-17H,2-4,7,11-12H2,1H3,(H,28,30,31)/t14-,16+/m0/s1. The molecular weight excluding hydrogens is 489 g/mol. The second-order valence-corrected chi connectivity index (χ2v) is 9.52. The number of aryl methyl sites for hydroxylation is 1. The Morgan fingerprint density at radius 1 is 1.11 bits per heavy atom. The first-order valence-corrected chi connectivity index (χ1v) is 12.1. The van der Waals surface area contributed by atoms with E-state index in [9.17, 15) is 13.2 Å². The smallest absolute Gasteiger partial charge is 0.423 e. The van der Waals surface area contributed by atoms with E-state index in [2.05, 4.69) is 30.5 Å². The SMILES string of the molecule is Cn1cnc(-c2ccc3nnc([C@H]4CCC[C@@H](Nc5ncc(C(F)(F)F)c(OC6COC6)n5)C4)n3c2)c1. The Morgan fingerprint density at radius 3 is 2.70 bits per heavy atom. The van der Waals surface area contributed by atoms with Gasteiger partial charge in [-0.05, 0) is 31.4 Å². The van der Waals surface area contributed by atoms with Crippen LogP contribution in [0.5, 0.6) is 5.88 Å². The highest BCUT2D eigenvalue weighted by molar-refractivity contribution is 5.60. The summed E-state index contributed by atoms with van der Waals surface area (Å²) in [5.74, 6) is 0.591. The molecule has 0 spiro atoms. The fourth-order valence-electron chi connectivity index (χ4n) is 4.80. The molecule has 13 heteroatoms. The number of halogens is 3. The molecule has 1 N–H and O–H groups in total. The molecule has 0 aromatic carbocycles. The fourth-order valence-corrected chi connectivity index (χ4v) is 4.80. The second kappa shape index (κ2) is 9.29. The van der Waals surface area contributed by atoms with E-state index in [-0.39, 0.29) is 31.1 Å². The van der Waals surface area contributed by atoms with E-state index in [0.29, 0.717) is 6.42 Å². The van der Waals surface area contributed by atoms with Crippen molar-refractivity contribution < 1.29 is 22.6 Å². The molecule has 4 aromatic rings. The summed E-state index contributed by atoms with van der Waals surface area (Å²) in [5.41, 5.74) is 1.57. The zero-order valence-electron chi connectivity index (χ0n) is 20.0. The Hall–Kier alpha value is -3.74. The molecule has 194 valence electrons. The summed E-state index contributed by atoms with van der Waals surface area (Å²) in [7, 11) is 1.92. The second-order valence-electron chi connectivity index (χ2n) is 9.52. The number of ether oxygens (including phenoxy) is 2. The Balaban J connectivity index is 1.21. The van der Waals surface area contributed by atoms with Gasteiger partial charge in [0, 0.05) is 43.2 Å². The maximum atomic E-state index is 13.5. The average molecular weight is 515 g/mol. The number of hydrogen-bond donors (Lipinski definition) is 1. The van der Waals surface area contributed by atoms with Crippen molar-refractivity contribution in [1.29, 1.82) is 0 Å². The van der Waals surface area contributed by atoms with Crippen LogP contribution in [0.1, 0.15) is 43.0 Å². The van der Waals surface area contributed by atoms with Crippen LogP contribution in [0.3, 0.4) is 0 Å². The topological polar surface area (TPSA) is 104 Å². The maximum absolute atomic E-state index is 13.5. The first-order chi connectivity index (χ1) is 17.8. The largest absolute Gasteiger partial charge is 0.469 e. The highest BCUT2D eigenvalue weighted by Gasteiger charge is 2.38. The molecule has 2 aliphatic rings. The van der Waals surface area contributed by atoms with Crippen LogP contribution < -0.4 is 10.1 Å². The van der Waals surface area contributed by atoms with E-state index in [4.69, 9.17) is 9.47 Å². The maximum Gasteiger partial charge on any atom is 0.423 e. The van der Waals surface area contributed by atoms with Gasteiger partial charge in [0.25, 0.3) is 0 Å². The Bertz CT molecular complexity index is 1410. The molecule has 1 aliphatic heterocycles. The first-order valence-electron chi connectivity index (χ1n) is 12.1. The molecule has 37 heavy (non-hydrogen) atoms. The van der Waals surface area contributed by atoms with Crippen molar-refractivity contribution in [1.82, 2.24) is 34.1 Å². The van der Waals surface area contributed by atoms with Crippen LogP contribution in [0.25, 0.3) is 16.9 Å². The van der Waals surface area contributed by atoms with Crippen LogP contribution in [-0.4, -0.2) is 59.5 Å². The lowest BCUT2D eigenvalue weighted by molar-refractivity contribution is -0.142. The molecule has 1 saturated carbocycles. The summed E-state index contributed by atoms with van der Waals surface area (Å²) in [5, 5.41) is 12.0. The summed E-state index contributed by atoms with van der Waals surface area (Å²) in [6, 6.07) is 3.85.